The van der Waals surface area contributed by atoms with Crippen molar-refractivity contribution in [3.05, 3.63) is 42.0 Å². The quantitative estimate of drug-likeness (QED) is 0.663. The SMILES string of the molecule is C/C(=C\O)Nc1ccc(F)cc1. The van der Waals surface area contributed by atoms with Crippen molar-refractivity contribution in [2.24, 2.45) is 0 Å². The topological polar surface area (TPSA) is 32.3 Å². The van der Waals surface area contributed by atoms with E-state index in [1.807, 2.05) is 0 Å². The van der Waals surface area contributed by atoms with Gasteiger partial charge in [-0.2, -0.15) is 0 Å². The van der Waals surface area contributed by atoms with Crippen LogP contribution in [0.25, 0.3) is 0 Å². The maximum absolute atomic E-state index is 12.4. The van der Waals surface area contributed by atoms with Crippen molar-refractivity contribution in [2.45, 2.75) is 6.92 Å². The van der Waals surface area contributed by atoms with Gasteiger partial charge in [0.1, 0.15) is 5.82 Å². The molecule has 0 unspecified atom stereocenters. The predicted octanol–water partition coefficient (Wildman–Crippen LogP) is 2.66. The molecule has 0 aliphatic rings. The summed E-state index contributed by atoms with van der Waals surface area (Å²) in [6, 6.07) is 5.91. The number of nitrogens with one attached hydrogen (secondary N) is 1. The van der Waals surface area contributed by atoms with Gasteiger partial charge in [-0.25, -0.2) is 4.39 Å². The van der Waals surface area contributed by atoms with Crippen LogP contribution in [0.5, 0.6) is 0 Å². The largest absolute Gasteiger partial charge is 0.514 e. The minimum Gasteiger partial charge on any atom is -0.514 e. The van der Waals surface area contributed by atoms with Gasteiger partial charge in [0.05, 0.1) is 6.26 Å². The zero-order valence-corrected chi connectivity index (χ0v) is 6.71. The molecule has 0 saturated heterocycles. The van der Waals surface area contributed by atoms with E-state index in [1.54, 1.807) is 19.1 Å². The van der Waals surface area contributed by atoms with Gasteiger partial charge in [-0.3, -0.25) is 0 Å². The lowest BCUT2D eigenvalue weighted by Crippen LogP contribution is -1.94. The molecule has 2 nitrogen and oxygen atoms in total. The maximum Gasteiger partial charge on any atom is 0.123 e. The van der Waals surface area contributed by atoms with Gasteiger partial charge in [-0.05, 0) is 31.2 Å². The van der Waals surface area contributed by atoms with E-state index in [2.05, 4.69) is 5.32 Å². The van der Waals surface area contributed by atoms with Crippen LogP contribution in [0.3, 0.4) is 0 Å². The summed E-state index contributed by atoms with van der Waals surface area (Å²) in [6.45, 7) is 1.71. The average molecular weight is 167 g/mol. The van der Waals surface area contributed by atoms with Crippen molar-refractivity contribution in [2.75, 3.05) is 5.32 Å². The molecule has 64 valence electrons. The highest BCUT2D eigenvalue weighted by Crippen LogP contribution is 2.10. The number of allylic oxidation sites excluding steroid dienone is 1. The maximum atomic E-state index is 12.4. The molecule has 0 aliphatic carbocycles. The van der Waals surface area contributed by atoms with E-state index in [9.17, 15) is 4.39 Å². The minimum absolute atomic E-state index is 0.272. The van der Waals surface area contributed by atoms with Crippen LogP contribution in [0.4, 0.5) is 10.1 Å². The van der Waals surface area contributed by atoms with Gasteiger partial charge in [0.25, 0.3) is 0 Å². The number of hydrogen-bond acceptors (Lipinski definition) is 2. The summed E-state index contributed by atoms with van der Waals surface area (Å²) in [5.41, 5.74) is 1.36. The fourth-order valence-electron chi connectivity index (χ4n) is 0.793. The molecule has 2 N–H and O–H groups in total. The van der Waals surface area contributed by atoms with Crippen molar-refractivity contribution in [1.29, 1.82) is 0 Å². The van der Waals surface area contributed by atoms with Gasteiger partial charge >= 0.3 is 0 Å². The number of anilines is 1. The third-order valence-corrected chi connectivity index (χ3v) is 1.38. The highest BCUT2D eigenvalue weighted by Gasteiger charge is 1.92. The average Bonchev–Trinajstić information content (AvgIpc) is 2.09. The van der Waals surface area contributed by atoms with Gasteiger partial charge in [0, 0.05) is 11.4 Å². The summed E-state index contributed by atoms with van der Waals surface area (Å²) in [5, 5.41) is 11.4. The van der Waals surface area contributed by atoms with Crippen LogP contribution < -0.4 is 5.32 Å². The molecule has 0 heterocycles. The summed E-state index contributed by atoms with van der Waals surface area (Å²) in [5.74, 6) is -0.272. The molecular weight excluding hydrogens is 157 g/mol. The molecule has 0 radical (unpaired) electrons. The Labute approximate surface area is 70.3 Å². The molecule has 0 fully saturated rings. The Bertz CT molecular complexity index is 279. The third kappa shape index (κ3) is 2.27. The van der Waals surface area contributed by atoms with E-state index in [1.165, 1.54) is 12.1 Å². The Kier molecular flexibility index (Phi) is 2.69. The Morgan fingerprint density at radius 1 is 1.42 bits per heavy atom. The Morgan fingerprint density at radius 3 is 2.50 bits per heavy atom. The monoisotopic (exact) mass is 167 g/mol. The molecule has 0 spiro atoms. The summed E-state index contributed by atoms with van der Waals surface area (Å²) in [4.78, 5) is 0. The zero-order valence-electron chi connectivity index (χ0n) is 6.71. The fraction of sp³-hybridized carbons (Fsp3) is 0.111. The number of aliphatic hydroxyl groups excluding tert-OH is 1. The Balaban J connectivity index is 2.71. The first-order chi connectivity index (χ1) is 5.72. The molecule has 1 aromatic carbocycles. The van der Waals surface area contributed by atoms with E-state index >= 15 is 0 Å². The van der Waals surface area contributed by atoms with Gasteiger partial charge < -0.3 is 10.4 Å². The van der Waals surface area contributed by atoms with Crippen LogP contribution in [0.1, 0.15) is 6.92 Å². The van der Waals surface area contributed by atoms with Crippen molar-refractivity contribution < 1.29 is 9.50 Å². The van der Waals surface area contributed by atoms with Gasteiger partial charge in [-0.1, -0.05) is 0 Å². The fourth-order valence-corrected chi connectivity index (χ4v) is 0.793. The second kappa shape index (κ2) is 3.76. The first-order valence-corrected chi connectivity index (χ1v) is 3.56. The van der Waals surface area contributed by atoms with E-state index < -0.39 is 0 Å². The van der Waals surface area contributed by atoms with Crippen LogP contribution >= 0.6 is 0 Å². The predicted molar refractivity (Wildman–Crippen MR) is 46.4 cm³/mol. The molecule has 12 heavy (non-hydrogen) atoms. The smallest absolute Gasteiger partial charge is 0.123 e. The van der Waals surface area contributed by atoms with Crippen molar-refractivity contribution >= 4 is 5.69 Å². The van der Waals surface area contributed by atoms with Crippen molar-refractivity contribution in [3.8, 4) is 0 Å². The number of benzene rings is 1. The lowest BCUT2D eigenvalue weighted by atomic mass is 10.3. The summed E-state index contributed by atoms with van der Waals surface area (Å²) in [7, 11) is 0. The molecule has 0 saturated carbocycles. The van der Waals surface area contributed by atoms with Crippen LogP contribution in [0, 0.1) is 5.82 Å². The van der Waals surface area contributed by atoms with Gasteiger partial charge in [0.15, 0.2) is 0 Å². The van der Waals surface area contributed by atoms with Crippen LogP contribution in [0.2, 0.25) is 0 Å². The zero-order chi connectivity index (χ0) is 8.97. The second-order valence-corrected chi connectivity index (χ2v) is 2.44. The first kappa shape index (κ1) is 8.59. The number of aliphatic hydroxyl groups is 1. The van der Waals surface area contributed by atoms with Crippen molar-refractivity contribution in [3.63, 3.8) is 0 Å². The van der Waals surface area contributed by atoms with Crippen molar-refractivity contribution in [1.82, 2.24) is 0 Å². The van der Waals surface area contributed by atoms with E-state index in [0.29, 0.717) is 5.70 Å². The molecular formula is C9H10FNO. The standard InChI is InChI=1S/C9H10FNO/c1-7(6-12)11-9-4-2-8(10)3-5-9/h2-6,11-12H,1H3/b7-6+. The number of rotatable bonds is 2. The molecule has 0 atom stereocenters. The van der Waals surface area contributed by atoms with Crippen LogP contribution in [0.15, 0.2) is 36.2 Å². The van der Waals surface area contributed by atoms with Crippen LogP contribution in [-0.4, -0.2) is 5.11 Å². The van der Waals surface area contributed by atoms with Gasteiger partial charge in [0.2, 0.25) is 0 Å². The Morgan fingerprint density at radius 2 is 2.00 bits per heavy atom. The molecule has 0 bridgehead atoms. The van der Waals surface area contributed by atoms with Crippen LogP contribution in [-0.2, 0) is 0 Å². The van der Waals surface area contributed by atoms with Gasteiger partial charge in [-0.15, -0.1) is 0 Å². The first-order valence-electron chi connectivity index (χ1n) is 3.56. The normalized spacial score (nSPS) is 11.3. The summed E-state index contributed by atoms with van der Waals surface area (Å²) < 4.78 is 12.4. The highest BCUT2D eigenvalue weighted by atomic mass is 19.1. The van der Waals surface area contributed by atoms with E-state index in [-0.39, 0.29) is 5.82 Å². The summed E-state index contributed by atoms with van der Waals surface area (Å²) in [6.07, 6.45) is 0.962. The summed E-state index contributed by atoms with van der Waals surface area (Å²) >= 11 is 0. The molecule has 1 rings (SSSR count). The van der Waals surface area contributed by atoms with E-state index in [4.69, 9.17) is 5.11 Å². The molecule has 0 aromatic heterocycles. The lowest BCUT2D eigenvalue weighted by molar-refractivity contribution is 0.468. The number of halogens is 1. The minimum atomic E-state index is -0.272. The Hall–Kier alpha value is -1.51. The molecule has 0 amide bonds. The molecule has 1 aromatic rings. The second-order valence-electron chi connectivity index (χ2n) is 2.44. The third-order valence-electron chi connectivity index (χ3n) is 1.38. The van der Waals surface area contributed by atoms with E-state index in [0.717, 1.165) is 11.9 Å². The highest BCUT2D eigenvalue weighted by molar-refractivity contribution is 5.47. The number of hydrogen-bond donors (Lipinski definition) is 2. The lowest BCUT2D eigenvalue weighted by Gasteiger charge is -2.03. The molecule has 0 aliphatic heterocycles. The molecule has 3 heteroatoms.